The fraction of sp³-hybridized carbons (Fsp3) is 0.385. The lowest BCUT2D eigenvalue weighted by atomic mass is 10.1. The number of fused-ring (bicyclic) bond motifs is 1. The Morgan fingerprint density at radius 3 is 2.70 bits per heavy atom. The minimum absolute atomic E-state index is 0.0374. The van der Waals surface area contributed by atoms with Gasteiger partial charge in [-0.25, -0.2) is 9.67 Å². The zero-order chi connectivity index (χ0) is 26.4. The molecule has 3 heterocycles. The molecule has 1 saturated heterocycles. The quantitative estimate of drug-likeness (QED) is 0.378. The van der Waals surface area contributed by atoms with Crippen molar-refractivity contribution in [3.05, 3.63) is 52.5 Å². The van der Waals surface area contributed by atoms with Gasteiger partial charge in [-0.1, -0.05) is 24.1 Å². The first kappa shape index (κ1) is 24.9. The molecule has 2 amide bonds. The highest BCUT2D eigenvalue weighted by atomic mass is 35.5. The lowest BCUT2D eigenvalue weighted by Crippen LogP contribution is -2.37. The van der Waals surface area contributed by atoms with Gasteiger partial charge in [-0.05, 0) is 50.3 Å². The molecule has 2 atom stereocenters. The predicted octanol–water partition coefficient (Wildman–Crippen LogP) is 2.58. The van der Waals surface area contributed by atoms with Gasteiger partial charge < -0.3 is 25.7 Å². The van der Waals surface area contributed by atoms with Gasteiger partial charge in [0.05, 0.1) is 34.7 Å². The summed E-state index contributed by atoms with van der Waals surface area (Å²) in [6.45, 7) is 6.25. The number of nitrogens with two attached hydrogens (primary N) is 2. The first-order valence-electron chi connectivity index (χ1n) is 12.0. The lowest BCUT2D eigenvalue weighted by molar-refractivity contribution is -0.127. The smallest absolute Gasteiger partial charge is 0.255 e. The van der Waals surface area contributed by atoms with Crippen molar-refractivity contribution in [1.29, 1.82) is 0 Å². The highest BCUT2D eigenvalue weighted by Gasteiger charge is 2.37. The Kier molecular flexibility index (Phi) is 6.43. The van der Waals surface area contributed by atoms with Gasteiger partial charge in [0.15, 0.2) is 5.69 Å². The summed E-state index contributed by atoms with van der Waals surface area (Å²) >= 11 is 6.58. The molecule has 192 valence electrons. The molecular weight excluding hydrogens is 494 g/mol. The minimum atomic E-state index is -0.737. The molecule has 1 saturated carbocycles. The number of likely N-dealkylation sites (tertiary alicyclic amines) is 1. The first-order valence-corrected chi connectivity index (χ1v) is 12.4. The summed E-state index contributed by atoms with van der Waals surface area (Å²) in [5.41, 5.74) is 14.5. The van der Waals surface area contributed by atoms with Crippen LogP contribution in [0.15, 0.2) is 24.8 Å². The number of aromatic nitrogens is 4. The van der Waals surface area contributed by atoms with Gasteiger partial charge in [-0.15, -0.1) is 0 Å². The number of aryl methyl sites for hydroxylation is 1. The third-order valence-corrected chi connectivity index (χ3v) is 7.24. The van der Waals surface area contributed by atoms with Crippen molar-refractivity contribution in [2.24, 2.45) is 5.73 Å². The molecule has 0 bridgehead atoms. The molecule has 0 unspecified atom stereocenters. The van der Waals surface area contributed by atoms with Gasteiger partial charge >= 0.3 is 0 Å². The third kappa shape index (κ3) is 4.45. The van der Waals surface area contributed by atoms with E-state index in [-0.39, 0.29) is 35.1 Å². The lowest BCUT2D eigenvalue weighted by Gasteiger charge is -2.22. The highest BCUT2D eigenvalue weighted by molar-refractivity contribution is 6.32. The summed E-state index contributed by atoms with van der Waals surface area (Å²) in [5, 5.41) is 5.01. The Labute approximate surface area is 219 Å². The zero-order valence-electron chi connectivity index (χ0n) is 20.7. The third-order valence-electron chi connectivity index (χ3n) is 6.93. The molecule has 11 heteroatoms. The molecule has 3 aromatic rings. The van der Waals surface area contributed by atoms with Gasteiger partial charge in [0.25, 0.3) is 5.91 Å². The Morgan fingerprint density at radius 1 is 1.30 bits per heavy atom. The number of halogens is 1. The number of amides is 2. The number of primary amides is 1. The molecule has 1 aromatic carbocycles. The standard InChI is InChI=1S/C26H28ClN7O3/c1-4-23(35)32-12-17(10-18(32)13-37-3)34-25(28)24(26(29)36)20(31-34)8-5-15-9-21-22(11-19(15)27)33(14(2)30-21)16-6-7-16/h4,9,11,16-18H,1,6-7,10,12-13,28H2,2-3H3,(H2,29,36)/t17-,18+/m0/s1. The van der Waals surface area contributed by atoms with Crippen LogP contribution in [0.3, 0.4) is 0 Å². The molecule has 1 aliphatic heterocycles. The summed E-state index contributed by atoms with van der Waals surface area (Å²) in [7, 11) is 1.57. The second-order valence-electron chi connectivity index (χ2n) is 9.44. The molecule has 2 fully saturated rings. The van der Waals surface area contributed by atoms with Crippen molar-refractivity contribution < 1.29 is 14.3 Å². The second kappa shape index (κ2) is 9.57. The van der Waals surface area contributed by atoms with Crippen molar-refractivity contribution in [2.45, 2.75) is 44.3 Å². The van der Waals surface area contributed by atoms with Crippen molar-refractivity contribution in [2.75, 3.05) is 26.0 Å². The fourth-order valence-electron chi connectivity index (χ4n) is 5.12. The molecular formula is C26H28ClN7O3. The summed E-state index contributed by atoms with van der Waals surface area (Å²) < 4.78 is 9.02. The fourth-order valence-corrected chi connectivity index (χ4v) is 5.32. The Bertz CT molecular complexity index is 1490. The van der Waals surface area contributed by atoms with E-state index in [1.54, 1.807) is 12.0 Å². The van der Waals surface area contributed by atoms with Crippen LogP contribution in [-0.2, 0) is 9.53 Å². The second-order valence-corrected chi connectivity index (χ2v) is 9.85. The molecule has 0 radical (unpaired) electrons. The monoisotopic (exact) mass is 521 g/mol. The number of methoxy groups -OCH3 is 1. The number of anilines is 1. The summed E-state index contributed by atoms with van der Waals surface area (Å²) in [5.74, 6) is 6.05. The molecule has 5 rings (SSSR count). The van der Waals surface area contributed by atoms with Crippen LogP contribution in [0.2, 0.25) is 5.02 Å². The van der Waals surface area contributed by atoms with E-state index in [9.17, 15) is 9.59 Å². The van der Waals surface area contributed by atoms with Crippen LogP contribution in [0.25, 0.3) is 11.0 Å². The van der Waals surface area contributed by atoms with Gasteiger partial charge in [-0.2, -0.15) is 5.10 Å². The largest absolute Gasteiger partial charge is 0.383 e. The van der Waals surface area contributed by atoms with Gasteiger partial charge in [0.2, 0.25) is 5.91 Å². The number of carbonyl (C=O) groups excluding carboxylic acids is 2. The van der Waals surface area contributed by atoms with E-state index < -0.39 is 5.91 Å². The number of nitrogens with zero attached hydrogens (tertiary/aromatic N) is 5. The number of rotatable bonds is 6. The van der Waals surface area contributed by atoms with Crippen molar-refractivity contribution in [1.82, 2.24) is 24.2 Å². The van der Waals surface area contributed by atoms with E-state index in [1.807, 2.05) is 19.1 Å². The maximum atomic E-state index is 12.4. The summed E-state index contributed by atoms with van der Waals surface area (Å²) in [4.78, 5) is 31.0. The van der Waals surface area contributed by atoms with Gasteiger partial charge in [0.1, 0.15) is 17.2 Å². The van der Waals surface area contributed by atoms with Crippen LogP contribution < -0.4 is 11.5 Å². The van der Waals surface area contributed by atoms with Crippen molar-refractivity contribution in [3.8, 4) is 11.8 Å². The van der Waals surface area contributed by atoms with E-state index in [0.717, 1.165) is 29.7 Å². The van der Waals surface area contributed by atoms with Crippen LogP contribution in [-0.4, -0.2) is 62.3 Å². The number of hydrogen-bond donors (Lipinski definition) is 2. The predicted molar refractivity (Wildman–Crippen MR) is 140 cm³/mol. The number of benzene rings is 1. The molecule has 0 spiro atoms. The maximum absolute atomic E-state index is 12.4. The molecule has 2 aromatic heterocycles. The molecule has 37 heavy (non-hydrogen) atoms. The summed E-state index contributed by atoms with van der Waals surface area (Å²) in [6.07, 6.45) is 4.07. The Balaban J connectivity index is 1.50. The SMILES string of the molecule is C=CC(=O)N1C[C@@H](n2nc(C#Cc3cc4nc(C)n(C5CC5)c4cc3Cl)c(C(N)=O)c2N)C[C@@H]1COC. The first-order chi connectivity index (χ1) is 17.7. The number of ether oxygens (including phenoxy) is 1. The molecule has 4 N–H and O–H groups in total. The molecule has 2 aliphatic rings. The van der Waals surface area contributed by atoms with Crippen LogP contribution >= 0.6 is 11.6 Å². The number of imidazole rings is 1. The van der Waals surface area contributed by atoms with Crippen molar-refractivity contribution >= 4 is 40.3 Å². The molecule has 1 aliphatic carbocycles. The Morgan fingerprint density at radius 2 is 2.05 bits per heavy atom. The highest BCUT2D eigenvalue weighted by Crippen LogP contribution is 2.39. The number of hydrogen-bond acceptors (Lipinski definition) is 6. The van der Waals surface area contributed by atoms with Crippen LogP contribution in [0.1, 0.15) is 58.8 Å². The average Bonchev–Trinajstić information content (AvgIpc) is 3.39. The van der Waals surface area contributed by atoms with E-state index in [0.29, 0.717) is 36.2 Å². The van der Waals surface area contributed by atoms with E-state index >= 15 is 0 Å². The average molecular weight is 522 g/mol. The topological polar surface area (TPSA) is 134 Å². The summed E-state index contributed by atoms with van der Waals surface area (Å²) in [6, 6.07) is 3.72. The number of nitrogen functional groups attached to an aromatic ring is 1. The number of carbonyl (C=O) groups is 2. The Hall–Kier alpha value is -3.81. The van der Waals surface area contributed by atoms with Crippen LogP contribution in [0.5, 0.6) is 0 Å². The van der Waals surface area contributed by atoms with E-state index in [1.165, 1.54) is 10.8 Å². The van der Waals surface area contributed by atoms with Crippen molar-refractivity contribution in [3.63, 3.8) is 0 Å². The van der Waals surface area contributed by atoms with E-state index in [2.05, 4.69) is 33.1 Å². The van der Waals surface area contributed by atoms with Crippen LogP contribution in [0, 0.1) is 18.8 Å². The molecule has 10 nitrogen and oxygen atoms in total. The zero-order valence-corrected chi connectivity index (χ0v) is 21.5. The van der Waals surface area contributed by atoms with E-state index in [4.69, 9.17) is 27.8 Å². The van der Waals surface area contributed by atoms with Crippen LogP contribution in [0.4, 0.5) is 5.82 Å². The minimum Gasteiger partial charge on any atom is -0.383 e. The normalized spacial score (nSPS) is 19.2. The van der Waals surface area contributed by atoms with Gasteiger partial charge in [-0.3, -0.25) is 9.59 Å². The van der Waals surface area contributed by atoms with Gasteiger partial charge in [0, 0.05) is 25.3 Å². The maximum Gasteiger partial charge on any atom is 0.255 e.